The zero-order chi connectivity index (χ0) is 12.3. The van der Waals surface area contributed by atoms with E-state index in [0.717, 1.165) is 24.3 Å². The summed E-state index contributed by atoms with van der Waals surface area (Å²) in [6.07, 6.45) is -0.179. The van der Waals surface area contributed by atoms with E-state index in [0.29, 0.717) is 24.5 Å². The molecule has 17 heavy (non-hydrogen) atoms. The van der Waals surface area contributed by atoms with Crippen molar-refractivity contribution in [2.45, 2.75) is 19.5 Å². The van der Waals surface area contributed by atoms with E-state index in [1.807, 2.05) is 13.1 Å². The van der Waals surface area contributed by atoms with Crippen molar-refractivity contribution in [1.29, 1.82) is 0 Å². The van der Waals surface area contributed by atoms with Crippen LogP contribution in [0.25, 0.3) is 0 Å². The highest BCUT2D eigenvalue weighted by atomic mass is 19.1. The van der Waals surface area contributed by atoms with Gasteiger partial charge in [-0.1, -0.05) is 0 Å². The van der Waals surface area contributed by atoms with Gasteiger partial charge < -0.3 is 14.8 Å². The summed E-state index contributed by atoms with van der Waals surface area (Å²) < 4.78 is 24.5. The second-order valence-corrected chi connectivity index (χ2v) is 4.17. The van der Waals surface area contributed by atoms with Crippen molar-refractivity contribution in [2.75, 3.05) is 26.8 Å². The third kappa shape index (κ3) is 2.69. The molecule has 1 aromatic rings. The van der Waals surface area contributed by atoms with Crippen LogP contribution >= 0.6 is 0 Å². The summed E-state index contributed by atoms with van der Waals surface area (Å²) in [6, 6.07) is 3.61. The number of hydrogen-bond acceptors (Lipinski definition) is 3. The maximum absolute atomic E-state index is 13.4. The van der Waals surface area contributed by atoms with Gasteiger partial charge in [0.15, 0.2) is 11.5 Å². The molecule has 0 aliphatic carbocycles. The summed E-state index contributed by atoms with van der Waals surface area (Å²) in [6.45, 7) is 3.46. The zero-order valence-electron chi connectivity index (χ0n) is 10.3. The standard InChI is InChI=1S/C13H18FNO2/c1-9(14)11-7-10(3-4-15-2)13-12(8-11)16-5-6-17-13/h7-9,15H,3-6H2,1-2H3. The lowest BCUT2D eigenvalue weighted by molar-refractivity contribution is 0.169. The highest BCUT2D eigenvalue weighted by Crippen LogP contribution is 2.37. The summed E-state index contributed by atoms with van der Waals surface area (Å²) in [5.74, 6) is 1.44. The fraction of sp³-hybridized carbons (Fsp3) is 0.538. The van der Waals surface area contributed by atoms with E-state index in [9.17, 15) is 4.39 Å². The molecular weight excluding hydrogens is 221 g/mol. The second-order valence-electron chi connectivity index (χ2n) is 4.17. The number of benzene rings is 1. The van der Waals surface area contributed by atoms with E-state index < -0.39 is 6.17 Å². The van der Waals surface area contributed by atoms with E-state index in [4.69, 9.17) is 9.47 Å². The molecule has 0 radical (unpaired) electrons. The summed E-state index contributed by atoms with van der Waals surface area (Å²) in [5.41, 5.74) is 1.66. The van der Waals surface area contributed by atoms with Gasteiger partial charge in [-0.05, 0) is 50.2 Å². The van der Waals surface area contributed by atoms with Crippen molar-refractivity contribution in [1.82, 2.24) is 5.32 Å². The molecule has 0 aromatic heterocycles. The Morgan fingerprint density at radius 1 is 1.35 bits per heavy atom. The molecule has 1 unspecified atom stereocenters. The molecule has 2 rings (SSSR count). The Morgan fingerprint density at radius 2 is 2.12 bits per heavy atom. The fourth-order valence-corrected chi connectivity index (χ4v) is 1.92. The fourth-order valence-electron chi connectivity index (χ4n) is 1.92. The van der Waals surface area contributed by atoms with Gasteiger partial charge in [0.05, 0.1) is 0 Å². The summed E-state index contributed by atoms with van der Waals surface area (Å²) >= 11 is 0. The first-order chi connectivity index (χ1) is 8.22. The lowest BCUT2D eigenvalue weighted by Crippen LogP contribution is -2.18. The van der Waals surface area contributed by atoms with Crippen LogP contribution in [0.5, 0.6) is 11.5 Å². The van der Waals surface area contributed by atoms with Crippen molar-refractivity contribution in [3.63, 3.8) is 0 Å². The number of fused-ring (bicyclic) bond motifs is 1. The van der Waals surface area contributed by atoms with Crippen LogP contribution in [0, 0.1) is 0 Å². The normalized spacial score (nSPS) is 15.7. The molecule has 1 aliphatic heterocycles. The highest BCUT2D eigenvalue weighted by molar-refractivity contribution is 5.51. The first kappa shape index (κ1) is 12.2. The predicted molar refractivity (Wildman–Crippen MR) is 64.6 cm³/mol. The molecule has 1 atom stereocenters. The Bertz CT molecular complexity index is 393. The molecule has 0 amide bonds. The van der Waals surface area contributed by atoms with Gasteiger partial charge in [-0.15, -0.1) is 0 Å². The molecule has 0 saturated heterocycles. The molecule has 1 aliphatic rings. The Hall–Kier alpha value is -1.29. The third-order valence-corrected chi connectivity index (χ3v) is 2.85. The molecule has 94 valence electrons. The maximum Gasteiger partial charge on any atom is 0.164 e. The van der Waals surface area contributed by atoms with E-state index in [1.165, 1.54) is 6.92 Å². The second kappa shape index (κ2) is 5.36. The van der Waals surface area contributed by atoms with E-state index in [2.05, 4.69) is 5.32 Å². The molecular formula is C13H18FNO2. The van der Waals surface area contributed by atoms with Gasteiger partial charge in [-0.25, -0.2) is 4.39 Å². The van der Waals surface area contributed by atoms with E-state index in [-0.39, 0.29) is 0 Å². The molecule has 0 fully saturated rings. The number of ether oxygens (including phenoxy) is 2. The lowest BCUT2D eigenvalue weighted by Gasteiger charge is -2.22. The van der Waals surface area contributed by atoms with Crippen molar-refractivity contribution < 1.29 is 13.9 Å². The van der Waals surface area contributed by atoms with E-state index >= 15 is 0 Å². The monoisotopic (exact) mass is 239 g/mol. The molecule has 1 aromatic carbocycles. The van der Waals surface area contributed by atoms with Gasteiger partial charge in [0, 0.05) is 0 Å². The Labute approximate surface area is 101 Å². The lowest BCUT2D eigenvalue weighted by atomic mass is 10.0. The largest absolute Gasteiger partial charge is 0.486 e. The van der Waals surface area contributed by atoms with Gasteiger partial charge in [-0.2, -0.15) is 0 Å². The molecule has 4 heteroatoms. The minimum atomic E-state index is -0.987. The SMILES string of the molecule is CNCCc1cc(C(C)F)cc2c1OCCO2. The number of alkyl halides is 1. The molecule has 0 saturated carbocycles. The van der Waals surface area contributed by atoms with Crippen LogP contribution in [-0.2, 0) is 6.42 Å². The van der Waals surface area contributed by atoms with Crippen LogP contribution in [0.2, 0.25) is 0 Å². The maximum atomic E-state index is 13.4. The summed E-state index contributed by atoms with van der Waals surface area (Å²) in [7, 11) is 1.89. The average molecular weight is 239 g/mol. The molecule has 1 N–H and O–H groups in total. The average Bonchev–Trinajstić information content (AvgIpc) is 2.35. The summed E-state index contributed by atoms with van der Waals surface area (Å²) in [5, 5.41) is 3.08. The molecule has 1 heterocycles. The van der Waals surface area contributed by atoms with Crippen LogP contribution in [0.3, 0.4) is 0 Å². The zero-order valence-corrected chi connectivity index (χ0v) is 10.3. The number of hydrogen-bond donors (Lipinski definition) is 1. The minimum absolute atomic E-state index is 0.530. The van der Waals surface area contributed by atoms with Gasteiger partial charge in [-0.3, -0.25) is 0 Å². The third-order valence-electron chi connectivity index (χ3n) is 2.85. The van der Waals surface area contributed by atoms with Crippen LogP contribution in [0.4, 0.5) is 4.39 Å². The Balaban J connectivity index is 2.35. The van der Waals surface area contributed by atoms with E-state index in [1.54, 1.807) is 6.07 Å². The minimum Gasteiger partial charge on any atom is -0.486 e. The Morgan fingerprint density at radius 3 is 2.82 bits per heavy atom. The predicted octanol–water partition coefficient (Wildman–Crippen LogP) is 2.25. The molecule has 3 nitrogen and oxygen atoms in total. The van der Waals surface area contributed by atoms with Crippen LogP contribution in [0.1, 0.15) is 24.2 Å². The van der Waals surface area contributed by atoms with Gasteiger partial charge in [0.2, 0.25) is 0 Å². The number of rotatable bonds is 4. The topological polar surface area (TPSA) is 30.5 Å². The highest BCUT2D eigenvalue weighted by Gasteiger charge is 2.19. The smallest absolute Gasteiger partial charge is 0.164 e. The van der Waals surface area contributed by atoms with Crippen molar-refractivity contribution in [2.24, 2.45) is 0 Å². The quantitative estimate of drug-likeness (QED) is 0.874. The first-order valence-corrected chi connectivity index (χ1v) is 5.93. The van der Waals surface area contributed by atoms with Gasteiger partial charge >= 0.3 is 0 Å². The number of halogens is 1. The van der Waals surface area contributed by atoms with Crippen LogP contribution < -0.4 is 14.8 Å². The number of likely N-dealkylation sites (N-methyl/N-ethyl adjacent to an activating group) is 1. The van der Waals surface area contributed by atoms with Crippen LogP contribution in [-0.4, -0.2) is 26.8 Å². The molecule has 0 bridgehead atoms. The first-order valence-electron chi connectivity index (χ1n) is 5.93. The van der Waals surface area contributed by atoms with Crippen LogP contribution in [0.15, 0.2) is 12.1 Å². The van der Waals surface area contributed by atoms with Crippen molar-refractivity contribution in [3.8, 4) is 11.5 Å². The molecule has 0 spiro atoms. The van der Waals surface area contributed by atoms with Crippen molar-refractivity contribution in [3.05, 3.63) is 23.3 Å². The Kier molecular flexibility index (Phi) is 3.84. The van der Waals surface area contributed by atoms with Gasteiger partial charge in [0.25, 0.3) is 0 Å². The number of nitrogens with one attached hydrogen (secondary N) is 1. The summed E-state index contributed by atoms with van der Waals surface area (Å²) in [4.78, 5) is 0. The van der Waals surface area contributed by atoms with Crippen molar-refractivity contribution >= 4 is 0 Å². The van der Waals surface area contributed by atoms with Gasteiger partial charge in [0.1, 0.15) is 19.4 Å².